The second-order valence-corrected chi connectivity index (χ2v) is 6.67. The number of nitrogens with zero attached hydrogens (tertiary/aromatic N) is 2. The summed E-state index contributed by atoms with van der Waals surface area (Å²) < 4.78 is 5.26. The number of nitrogens with one attached hydrogen (secondary N) is 1. The van der Waals surface area contributed by atoms with Crippen molar-refractivity contribution in [1.29, 1.82) is 0 Å². The van der Waals surface area contributed by atoms with E-state index in [2.05, 4.69) is 10.3 Å². The molecule has 25 heavy (non-hydrogen) atoms. The molecule has 0 aliphatic heterocycles. The Morgan fingerprint density at radius 1 is 1.32 bits per heavy atom. The molecule has 0 unspecified atom stereocenters. The lowest BCUT2D eigenvalue weighted by Gasteiger charge is -2.31. The van der Waals surface area contributed by atoms with Crippen molar-refractivity contribution in [3.05, 3.63) is 29.3 Å². The van der Waals surface area contributed by atoms with Gasteiger partial charge in [0, 0.05) is 26.2 Å². The number of rotatable bonds is 5. The summed E-state index contributed by atoms with van der Waals surface area (Å²) in [6.07, 6.45) is 0.581. The number of amidine groups is 1. The molecule has 1 rings (SSSR count). The van der Waals surface area contributed by atoms with E-state index in [1.807, 2.05) is 26.8 Å². The zero-order valence-electron chi connectivity index (χ0n) is 15.8. The van der Waals surface area contributed by atoms with Gasteiger partial charge < -0.3 is 20.7 Å². The van der Waals surface area contributed by atoms with E-state index < -0.39 is 0 Å². The molecule has 1 aromatic rings. The van der Waals surface area contributed by atoms with Gasteiger partial charge >= 0.3 is 0 Å². The van der Waals surface area contributed by atoms with Crippen LogP contribution in [0.5, 0.6) is 5.75 Å². The second kappa shape index (κ2) is 8.50. The average molecular weight is 348 g/mol. The number of hydrogen-bond acceptors (Lipinski definition) is 4. The average Bonchev–Trinajstić information content (AvgIpc) is 2.58. The highest BCUT2D eigenvalue weighted by molar-refractivity contribution is 6.37. The molecular weight excluding hydrogens is 320 g/mol. The van der Waals surface area contributed by atoms with Crippen LogP contribution in [0.1, 0.15) is 36.7 Å². The number of benzene rings is 1. The molecule has 0 aliphatic carbocycles. The Hall–Kier alpha value is -2.57. The molecule has 0 aromatic heterocycles. The van der Waals surface area contributed by atoms with Crippen molar-refractivity contribution in [1.82, 2.24) is 10.2 Å². The number of nitrogens with two attached hydrogens (primary N) is 1. The highest BCUT2D eigenvalue weighted by atomic mass is 16.5. The van der Waals surface area contributed by atoms with E-state index >= 15 is 0 Å². The van der Waals surface area contributed by atoms with E-state index in [0.29, 0.717) is 24.3 Å². The Kier molecular flexibility index (Phi) is 6.97. The first kappa shape index (κ1) is 20.5. The molecule has 0 spiro atoms. The van der Waals surface area contributed by atoms with Crippen LogP contribution in [-0.4, -0.2) is 55.8 Å². The summed E-state index contributed by atoms with van der Waals surface area (Å²) in [7, 11) is 4.79. The molecule has 0 saturated carbocycles. The first-order valence-corrected chi connectivity index (χ1v) is 8.09. The van der Waals surface area contributed by atoms with Crippen molar-refractivity contribution < 1.29 is 14.3 Å². The molecular formula is C18H28N4O3. The molecule has 138 valence electrons. The van der Waals surface area contributed by atoms with Crippen LogP contribution in [0.25, 0.3) is 0 Å². The third-order valence-electron chi connectivity index (χ3n) is 3.95. The summed E-state index contributed by atoms with van der Waals surface area (Å²) in [5, 5.41) is 2.57. The van der Waals surface area contributed by atoms with Crippen LogP contribution in [0, 0.1) is 0 Å². The first-order chi connectivity index (χ1) is 11.6. The normalized spacial score (nSPS) is 11.8. The fourth-order valence-corrected chi connectivity index (χ4v) is 2.06. The summed E-state index contributed by atoms with van der Waals surface area (Å²) in [6.45, 7) is 6.16. The Bertz CT molecular complexity index is 663. The van der Waals surface area contributed by atoms with Gasteiger partial charge in [-0.3, -0.25) is 14.6 Å². The molecule has 0 heterocycles. The predicted molar refractivity (Wildman–Crippen MR) is 99.1 cm³/mol. The summed E-state index contributed by atoms with van der Waals surface area (Å²) in [4.78, 5) is 29.7. The molecule has 0 aliphatic rings. The van der Waals surface area contributed by atoms with Crippen LogP contribution >= 0.6 is 0 Å². The molecule has 0 fully saturated rings. The van der Waals surface area contributed by atoms with Gasteiger partial charge in [-0.15, -0.1) is 0 Å². The van der Waals surface area contributed by atoms with Crippen LogP contribution in [0.15, 0.2) is 23.2 Å². The molecule has 0 saturated heterocycles. The summed E-state index contributed by atoms with van der Waals surface area (Å²) in [6, 6.07) is 5.33. The molecule has 0 bridgehead atoms. The van der Waals surface area contributed by atoms with E-state index in [-0.39, 0.29) is 23.2 Å². The monoisotopic (exact) mass is 348 g/mol. The summed E-state index contributed by atoms with van der Waals surface area (Å²) in [5.41, 5.74) is 6.89. The van der Waals surface area contributed by atoms with Crippen LogP contribution in [0.4, 0.5) is 0 Å². The van der Waals surface area contributed by atoms with Gasteiger partial charge in [-0.1, -0.05) is 6.07 Å². The minimum absolute atomic E-state index is 0.00799. The maximum Gasteiger partial charge on any atom is 0.288 e. The zero-order valence-corrected chi connectivity index (χ0v) is 15.8. The lowest BCUT2D eigenvalue weighted by molar-refractivity contribution is -0.126. The van der Waals surface area contributed by atoms with Gasteiger partial charge in [-0.2, -0.15) is 0 Å². The van der Waals surface area contributed by atoms with Crippen LogP contribution < -0.4 is 15.8 Å². The SMILES string of the molecule is CNC(=O)c1ccc(CCN=C(N)C(=O)N(C)C(C)(C)C)cc1OC. The minimum atomic E-state index is -0.319. The number of likely N-dealkylation sites (N-methyl/N-ethyl adjacent to an activating group) is 1. The van der Waals surface area contributed by atoms with Crippen molar-refractivity contribution in [2.75, 3.05) is 27.7 Å². The quantitative estimate of drug-likeness (QED) is 0.617. The van der Waals surface area contributed by atoms with Crippen LogP contribution in [0.3, 0.4) is 0 Å². The van der Waals surface area contributed by atoms with Gasteiger partial charge in [-0.05, 0) is 44.9 Å². The van der Waals surface area contributed by atoms with Crippen molar-refractivity contribution in [3.8, 4) is 5.75 Å². The molecule has 7 nitrogen and oxygen atoms in total. The van der Waals surface area contributed by atoms with E-state index in [9.17, 15) is 9.59 Å². The lowest BCUT2D eigenvalue weighted by atomic mass is 10.1. The number of carbonyl (C=O) groups is 2. The molecule has 3 N–H and O–H groups in total. The number of hydrogen-bond donors (Lipinski definition) is 2. The second-order valence-electron chi connectivity index (χ2n) is 6.67. The summed E-state index contributed by atoms with van der Waals surface area (Å²) in [5.74, 6) is -0.00904. The smallest absolute Gasteiger partial charge is 0.288 e. The van der Waals surface area contributed by atoms with Gasteiger partial charge in [0.15, 0.2) is 5.84 Å². The maximum atomic E-state index is 12.2. The van der Waals surface area contributed by atoms with E-state index in [1.54, 1.807) is 31.1 Å². The fraction of sp³-hybridized carbons (Fsp3) is 0.500. The van der Waals surface area contributed by atoms with Crippen molar-refractivity contribution in [2.45, 2.75) is 32.7 Å². The van der Waals surface area contributed by atoms with E-state index in [1.165, 1.54) is 7.11 Å². The van der Waals surface area contributed by atoms with Gasteiger partial charge in [0.1, 0.15) is 5.75 Å². The Morgan fingerprint density at radius 2 is 1.96 bits per heavy atom. The van der Waals surface area contributed by atoms with Crippen molar-refractivity contribution >= 4 is 17.6 Å². The number of amides is 2. The van der Waals surface area contributed by atoms with Crippen LogP contribution in [-0.2, 0) is 11.2 Å². The Morgan fingerprint density at radius 3 is 2.48 bits per heavy atom. The minimum Gasteiger partial charge on any atom is -0.496 e. The van der Waals surface area contributed by atoms with E-state index in [0.717, 1.165) is 5.56 Å². The third-order valence-corrected chi connectivity index (χ3v) is 3.95. The van der Waals surface area contributed by atoms with Crippen molar-refractivity contribution in [3.63, 3.8) is 0 Å². The third kappa shape index (κ3) is 5.48. The summed E-state index contributed by atoms with van der Waals surface area (Å²) >= 11 is 0. The predicted octanol–water partition coefficient (Wildman–Crippen LogP) is 1.21. The topological polar surface area (TPSA) is 97.0 Å². The van der Waals surface area contributed by atoms with E-state index in [4.69, 9.17) is 10.5 Å². The maximum absolute atomic E-state index is 12.2. The van der Waals surface area contributed by atoms with Gasteiger partial charge in [0.2, 0.25) is 0 Å². The Balaban J connectivity index is 2.78. The molecule has 1 aromatic carbocycles. The fourth-order valence-electron chi connectivity index (χ4n) is 2.06. The number of carbonyl (C=O) groups excluding carboxylic acids is 2. The van der Waals surface area contributed by atoms with Crippen molar-refractivity contribution in [2.24, 2.45) is 10.7 Å². The number of aliphatic imine (C=N–C) groups is 1. The zero-order chi connectivity index (χ0) is 19.2. The molecule has 0 radical (unpaired) electrons. The number of ether oxygens (including phenoxy) is 1. The highest BCUT2D eigenvalue weighted by Gasteiger charge is 2.24. The molecule has 7 heteroatoms. The largest absolute Gasteiger partial charge is 0.496 e. The van der Waals surface area contributed by atoms with Gasteiger partial charge in [0.25, 0.3) is 11.8 Å². The van der Waals surface area contributed by atoms with Gasteiger partial charge in [-0.25, -0.2) is 0 Å². The highest BCUT2D eigenvalue weighted by Crippen LogP contribution is 2.20. The molecule has 0 atom stereocenters. The molecule has 2 amide bonds. The number of methoxy groups -OCH3 is 1. The Labute approximate surface area is 149 Å². The first-order valence-electron chi connectivity index (χ1n) is 8.09. The van der Waals surface area contributed by atoms with Gasteiger partial charge in [0.05, 0.1) is 12.7 Å². The standard InChI is InChI=1S/C18H28N4O3/c1-18(2,3)22(5)17(24)15(19)21-10-9-12-7-8-13(16(23)20-4)14(11-12)25-6/h7-8,11H,9-10H2,1-6H3,(H2,19,21)(H,20,23). The lowest BCUT2D eigenvalue weighted by Crippen LogP contribution is -2.48. The van der Waals surface area contributed by atoms with Crippen LogP contribution in [0.2, 0.25) is 0 Å².